The molecule has 0 bridgehead atoms. The molecule has 1 saturated carbocycles. The van der Waals surface area contributed by atoms with E-state index in [9.17, 15) is 10.2 Å². The number of fused-ring (bicyclic) bond motifs is 1. The predicted octanol–water partition coefficient (Wildman–Crippen LogP) is 2.06. The Bertz CT molecular complexity index is 721. The average Bonchev–Trinajstić information content (AvgIpc) is 2.61. The quantitative estimate of drug-likeness (QED) is 0.821. The van der Waals surface area contributed by atoms with Crippen LogP contribution in [0, 0.1) is 5.41 Å². The number of rotatable bonds is 2. The number of piperidine rings is 1. The molecule has 2 fully saturated rings. The molecule has 1 aromatic heterocycles. The van der Waals surface area contributed by atoms with Crippen molar-refractivity contribution in [2.75, 3.05) is 24.2 Å². The highest BCUT2D eigenvalue weighted by molar-refractivity contribution is 7.98. The van der Waals surface area contributed by atoms with Crippen molar-refractivity contribution < 1.29 is 10.2 Å². The molecule has 5 nitrogen and oxygen atoms in total. The summed E-state index contributed by atoms with van der Waals surface area (Å²) in [4.78, 5) is 12.3. The van der Waals surface area contributed by atoms with E-state index in [1.807, 2.05) is 6.07 Å². The Morgan fingerprint density at radius 2 is 1.91 bits per heavy atom. The molecule has 0 radical (unpaired) electrons. The van der Waals surface area contributed by atoms with Gasteiger partial charge in [-0.25, -0.2) is 9.97 Å². The van der Waals surface area contributed by atoms with Crippen LogP contribution in [0.3, 0.4) is 0 Å². The molecule has 2 unspecified atom stereocenters. The maximum atomic E-state index is 10.1. The highest BCUT2D eigenvalue weighted by Crippen LogP contribution is 2.49. The Kier molecular flexibility index (Phi) is 3.70. The summed E-state index contributed by atoms with van der Waals surface area (Å²) in [5.41, 5.74) is 0.667. The first kappa shape index (κ1) is 15.2. The van der Waals surface area contributed by atoms with E-state index in [0.29, 0.717) is 6.42 Å². The molecule has 2 aliphatic rings. The number of aliphatic hydroxyl groups is 2. The molecule has 1 aromatic carbocycles. The van der Waals surface area contributed by atoms with Gasteiger partial charge in [0.1, 0.15) is 12.1 Å². The number of thioether (sulfide) groups is 1. The fourth-order valence-corrected chi connectivity index (χ4v) is 4.38. The van der Waals surface area contributed by atoms with Gasteiger partial charge in [0.25, 0.3) is 0 Å². The van der Waals surface area contributed by atoms with Gasteiger partial charge in [0.15, 0.2) is 0 Å². The lowest BCUT2D eigenvalue weighted by Gasteiger charge is -2.55. The summed E-state index contributed by atoms with van der Waals surface area (Å²) in [7, 11) is 0. The Hall–Kier alpha value is -1.37. The van der Waals surface area contributed by atoms with E-state index >= 15 is 0 Å². The van der Waals surface area contributed by atoms with E-state index in [1.54, 1.807) is 18.1 Å². The Balaban J connectivity index is 1.63. The van der Waals surface area contributed by atoms with Crippen molar-refractivity contribution in [2.45, 2.75) is 36.4 Å². The molecule has 4 rings (SSSR count). The van der Waals surface area contributed by atoms with Gasteiger partial charge in [-0.3, -0.25) is 0 Å². The van der Waals surface area contributed by atoms with Gasteiger partial charge in [0.05, 0.1) is 17.7 Å². The fourth-order valence-electron chi connectivity index (χ4n) is 3.94. The summed E-state index contributed by atoms with van der Waals surface area (Å²) in [5.74, 6) is 0.962. The smallest absolute Gasteiger partial charge is 0.139 e. The molecule has 6 heteroatoms. The molecule has 1 spiro atoms. The van der Waals surface area contributed by atoms with Gasteiger partial charge in [-0.05, 0) is 37.3 Å². The number of aromatic nitrogens is 2. The number of hydrogen-bond donors (Lipinski definition) is 2. The molecule has 1 aliphatic heterocycles. The van der Waals surface area contributed by atoms with E-state index in [1.165, 1.54) is 4.90 Å². The first-order chi connectivity index (χ1) is 11.1. The maximum Gasteiger partial charge on any atom is 0.139 e. The Labute approximate surface area is 139 Å². The summed E-state index contributed by atoms with van der Waals surface area (Å²) < 4.78 is 0. The minimum atomic E-state index is -0.357. The second kappa shape index (κ2) is 5.61. The molecule has 1 aliphatic carbocycles. The van der Waals surface area contributed by atoms with Crippen molar-refractivity contribution in [3.05, 3.63) is 24.5 Å². The van der Waals surface area contributed by atoms with Crippen LogP contribution in [0.4, 0.5) is 5.82 Å². The van der Waals surface area contributed by atoms with E-state index in [2.05, 4.69) is 33.3 Å². The molecule has 23 heavy (non-hydrogen) atoms. The molecular formula is C17H21N3O2S. The van der Waals surface area contributed by atoms with Crippen molar-refractivity contribution in [3.8, 4) is 0 Å². The first-order valence-corrected chi connectivity index (χ1v) is 9.26. The average molecular weight is 331 g/mol. The number of aliphatic hydroxyl groups excluding tert-OH is 2. The third-order valence-electron chi connectivity index (χ3n) is 5.59. The zero-order chi connectivity index (χ0) is 16.0. The van der Waals surface area contributed by atoms with Crippen molar-refractivity contribution in [3.63, 3.8) is 0 Å². The van der Waals surface area contributed by atoms with Crippen LogP contribution in [-0.4, -0.2) is 51.7 Å². The largest absolute Gasteiger partial charge is 0.392 e. The van der Waals surface area contributed by atoms with Crippen LogP contribution in [0.1, 0.15) is 19.3 Å². The molecule has 2 heterocycles. The van der Waals surface area contributed by atoms with Crippen LogP contribution >= 0.6 is 11.8 Å². The number of benzene rings is 1. The monoisotopic (exact) mass is 331 g/mol. The van der Waals surface area contributed by atoms with Crippen LogP contribution in [0.2, 0.25) is 0 Å². The van der Waals surface area contributed by atoms with Crippen LogP contribution in [0.15, 0.2) is 29.4 Å². The normalized spacial score (nSPS) is 26.5. The van der Waals surface area contributed by atoms with Gasteiger partial charge >= 0.3 is 0 Å². The predicted molar refractivity (Wildman–Crippen MR) is 91.8 cm³/mol. The molecule has 1 saturated heterocycles. The van der Waals surface area contributed by atoms with Crippen molar-refractivity contribution in [1.82, 2.24) is 9.97 Å². The van der Waals surface area contributed by atoms with Crippen LogP contribution < -0.4 is 4.90 Å². The first-order valence-electron chi connectivity index (χ1n) is 8.04. The Morgan fingerprint density at radius 1 is 1.17 bits per heavy atom. The third-order valence-corrected chi connectivity index (χ3v) is 6.31. The van der Waals surface area contributed by atoms with Gasteiger partial charge in [0, 0.05) is 35.2 Å². The lowest BCUT2D eigenvalue weighted by atomic mass is 9.58. The molecule has 2 N–H and O–H groups in total. The Morgan fingerprint density at radius 3 is 2.57 bits per heavy atom. The molecule has 0 amide bonds. The van der Waals surface area contributed by atoms with Gasteiger partial charge < -0.3 is 15.1 Å². The van der Waals surface area contributed by atoms with Gasteiger partial charge in [-0.15, -0.1) is 11.8 Å². The molecule has 2 aromatic rings. The van der Waals surface area contributed by atoms with E-state index < -0.39 is 0 Å². The minimum absolute atomic E-state index is 0.288. The van der Waals surface area contributed by atoms with Crippen molar-refractivity contribution in [1.29, 1.82) is 0 Å². The SMILES string of the molecule is CSc1ccc2ncnc(N3CCC4(CC3)C(O)CC4O)c2c1. The number of hydrogen-bond acceptors (Lipinski definition) is 6. The van der Waals surface area contributed by atoms with Gasteiger partial charge in [0.2, 0.25) is 0 Å². The zero-order valence-corrected chi connectivity index (χ0v) is 14.0. The second-order valence-electron chi connectivity index (χ2n) is 6.57. The summed E-state index contributed by atoms with van der Waals surface area (Å²) in [6, 6.07) is 6.26. The van der Waals surface area contributed by atoms with Gasteiger partial charge in [-0.1, -0.05) is 0 Å². The van der Waals surface area contributed by atoms with E-state index in [4.69, 9.17) is 0 Å². The lowest BCUT2D eigenvalue weighted by molar-refractivity contribution is -0.177. The van der Waals surface area contributed by atoms with E-state index in [-0.39, 0.29) is 17.6 Å². The standard InChI is InChI=1S/C17H21N3O2S/c1-23-11-2-3-13-12(8-11)16(19-10-18-13)20-6-4-17(5-7-20)14(21)9-15(17)22/h2-3,8,10,14-15,21-22H,4-7,9H2,1H3. The summed E-state index contributed by atoms with van der Waals surface area (Å²) in [6.45, 7) is 1.62. The topological polar surface area (TPSA) is 69.5 Å². The van der Waals surface area contributed by atoms with E-state index in [0.717, 1.165) is 42.7 Å². The second-order valence-corrected chi connectivity index (χ2v) is 7.45. The maximum absolute atomic E-state index is 10.1. The molecule has 122 valence electrons. The van der Waals surface area contributed by atoms with Gasteiger partial charge in [-0.2, -0.15) is 0 Å². The van der Waals surface area contributed by atoms with Crippen LogP contribution in [0.25, 0.3) is 10.9 Å². The number of nitrogens with zero attached hydrogens (tertiary/aromatic N) is 3. The molecule has 2 atom stereocenters. The highest BCUT2D eigenvalue weighted by atomic mass is 32.2. The summed E-state index contributed by atoms with van der Waals surface area (Å²) >= 11 is 1.71. The van der Waals surface area contributed by atoms with Crippen LogP contribution in [-0.2, 0) is 0 Å². The lowest BCUT2D eigenvalue weighted by Crippen LogP contribution is -2.61. The zero-order valence-electron chi connectivity index (χ0n) is 13.1. The molecular weight excluding hydrogens is 310 g/mol. The highest BCUT2D eigenvalue weighted by Gasteiger charge is 2.54. The summed E-state index contributed by atoms with van der Waals surface area (Å²) in [6.07, 6.45) is 5.11. The van der Waals surface area contributed by atoms with Crippen LogP contribution in [0.5, 0.6) is 0 Å². The fraction of sp³-hybridized carbons (Fsp3) is 0.529. The minimum Gasteiger partial charge on any atom is -0.392 e. The van der Waals surface area contributed by atoms with Crippen molar-refractivity contribution >= 4 is 28.5 Å². The summed E-state index contributed by atoms with van der Waals surface area (Å²) in [5, 5.41) is 21.2. The van der Waals surface area contributed by atoms with Crippen molar-refractivity contribution in [2.24, 2.45) is 5.41 Å². The number of anilines is 1. The third kappa shape index (κ3) is 2.31.